The van der Waals surface area contributed by atoms with Crippen LogP contribution in [0.1, 0.15) is 24.6 Å². The molecule has 0 spiro atoms. The molecule has 1 aromatic heterocycles. The molecular formula is C12H20N2OS. The summed E-state index contributed by atoms with van der Waals surface area (Å²) in [5, 5.41) is 4.75. The van der Waals surface area contributed by atoms with Crippen LogP contribution in [0.2, 0.25) is 0 Å². The second-order valence-corrected chi connectivity index (χ2v) is 4.76. The summed E-state index contributed by atoms with van der Waals surface area (Å²) < 4.78 is 0. The maximum absolute atomic E-state index is 11.1. The van der Waals surface area contributed by atoms with Crippen molar-refractivity contribution in [2.75, 3.05) is 20.1 Å². The number of rotatable bonds is 7. The van der Waals surface area contributed by atoms with Crippen LogP contribution in [0.25, 0.3) is 0 Å². The number of nitrogens with zero attached hydrogens (tertiary/aromatic N) is 1. The van der Waals surface area contributed by atoms with Crippen LogP contribution < -0.4 is 5.32 Å². The summed E-state index contributed by atoms with van der Waals surface area (Å²) >= 11 is 1.79. The van der Waals surface area contributed by atoms with Gasteiger partial charge in [-0.05, 0) is 31.0 Å². The van der Waals surface area contributed by atoms with Gasteiger partial charge in [-0.15, -0.1) is 11.3 Å². The van der Waals surface area contributed by atoms with E-state index in [4.69, 9.17) is 0 Å². The van der Waals surface area contributed by atoms with Gasteiger partial charge in [0.15, 0.2) is 0 Å². The first kappa shape index (κ1) is 13.2. The van der Waals surface area contributed by atoms with Crippen LogP contribution in [0.15, 0.2) is 17.5 Å². The van der Waals surface area contributed by atoms with E-state index < -0.39 is 0 Å². The third-order valence-corrected chi connectivity index (χ3v) is 3.42. The highest BCUT2D eigenvalue weighted by atomic mass is 32.1. The number of hydrogen-bond acceptors (Lipinski definition) is 3. The number of hydrogen-bond donors (Lipinski definition) is 1. The van der Waals surface area contributed by atoms with Gasteiger partial charge >= 0.3 is 0 Å². The molecule has 3 nitrogen and oxygen atoms in total. The summed E-state index contributed by atoms with van der Waals surface area (Å²) in [7, 11) is 1.69. The molecule has 4 heteroatoms. The van der Waals surface area contributed by atoms with Crippen LogP contribution in [0.5, 0.6) is 0 Å². The van der Waals surface area contributed by atoms with Crippen LogP contribution in [0.4, 0.5) is 0 Å². The van der Waals surface area contributed by atoms with E-state index in [1.807, 2.05) is 0 Å². The normalized spacial score (nSPS) is 10.7. The topological polar surface area (TPSA) is 32.3 Å². The van der Waals surface area contributed by atoms with Gasteiger partial charge in [-0.3, -0.25) is 9.69 Å². The molecule has 0 unspecified atom stereocenters. The lowest BCUT2D eigenvalue weighted by molar-refractivity contribution is -0.120. The molecule has 1 rings (SSSR count). The molecule has 0 aromatic carbocycles. The van der Waals surface area contributed by atoms with Crippen LogP contribution in [0, 0.1) is 0 Å². The Labute approximate surface area is 101 Å². The number of carbonyl (C=O) groups excluding carboxylic acids is 1. The third kappa shape index (κ3) is 4.77. The van der Waals surface area contributed by atoms with E-state index in [0.29, 0.717) is 6.42 Å². The van der Waals surface area contributed by atoms with E-state index >= 15 is 0 Å². The van der Waals surface area contributed by atoms with Crippen molar-refractivity contribution in [3.63, 3.8) is 0 Å². The number of nitrogens with one attached hydrogen (secondary N) is 1. The zero-order valence-corrected chi connectivity index (χ0v) is 10.8. The Morgan fingerprint density at radius 1 is 1.56 bits per heavy atom. The van der Waals surface area contributed by atoms with Crippen LogP contribution in [0.3, 0.4) is 0 Å². The molecular weight excluding hydrogens is 220 g/mol. The monoisotopic (exact) mass is 240 g/mol. The van der Waals surface area contributed by atoms with Crippen molar-refractivity contribution in [3.05, 3.63) is 22.4 Å². The van der Waals surface area contributed by atoms with E-state index in [2.05, 4.69) is 34.7 Å². The minimum atomic E-state index is 0.132. The van der Waals surface area contributed by atoms with Crippen molar-refractivity contribution in [2.45, 2.75) is 26.3 Å². The lowest BCUT2D eigenvalue weighted by Gasteiger charge is -2.19. The van der Waals surface area contributed by atoms with Crippen molar-refractivity contribution in [3.8, 4) is 0 Å². The molecule has 0 saturated carbocycles. The molecule has 0 bridgehead atoms. The molecule has 1 N–H and O–H groups in total. The molecule has 1 heterocycles. The minimum absolute atomic E-state index is 0.132. The molecule has 0 atom stereocenters. The quantitative estimate of drug-likeness (QED) is 0.791. The molecule has 0 aliphatic rings. The first-order chi connectivity index (χ1) is 7.76. The predicted molar refractivity (Wildman–Crippen MR) is 68.6 cm³/mol. The van der Waals surface area contributed by atoms with Gasteiger partial charge in [-0.1, -0.05) is 13.0 Å². The van der Waals surface area contributed by atoms with Gasteiger partial charge in [0.1, 0.15) is 0 Å². The Morgan fingerprint density at radius 3 is 2.94 bits per heavy atom. The molecule has 90 valence electrons. The zero-order valence-electron chi connectivity index (χ0n) is 10.0. The largest absolute Gasteiger partial charge is 0.359 e. The van der Waals surface area contributed by atoms with E-state index in [9.17, 15) is 4.79 Å². The average Bonchev–Trinajstić information content (AvgIpc) is 2.80. The number of thiophene rings is 1. The lowest BCUT2D eigenvalue weighted by atomic mass is 10.2. The fourth-order valence-electron chi connectivity index (χ4n) is 1.56. The molecule has 0 aliphatic carbocycles. The predicted octanol–water partition coefficient (Wildman–Crippen LogP) is 2.10. The lowest BCUT2D eigenvalue weighted by Crippen LogP contribution is -2.25. The van der Waals surface area contributed by atoms with Crippen molar-refractivity contribution in [1.82, 2.24) is 10.2 Å². The van der Waals surface area contributed by atoms with Crippen molar-refractivity contribution < 1.29 is 4.79 Å². The summed E-state index contributed by atoms with van der Waals surface area (Å²) in [5.41, 5.74) is 0. The van der Waals surface area contributed by atoms with E-state index in [0.717, 1.165) is 26.1 Å². The highest BCUT2D eigenvalue weighted by Crippen LogP contribution is 2.12. The van der Waals surface area contributed by atoms with Gasteiger partial charge in [0.2, 0.25) is 5.91 Å². The van der Waals surface area contributed by atoms with Gasteiger partial charge < -0.3 is 5.32 Å². The molecule has 16 heavy (non-hydrogen) atoms. The summed E-state index contributed by atoms with van der Waals surface area (Å²) in [6, 6.07) is 4.24. The summed E-state index contributed by atoms with van der Waals surface area (Å²) in [5.74, 6) is 0.132. The smallest absolute Gasteiger partial charge is 0.219 e. The average molecular weight is 240 g/mol. The SMILES string of the molecule is CCN(CCCC(=O)NC)Cc1cccs1. The number of amides is 1. The maximum Gasteiger partial charge on any atom is 0.219 e. The second-order valence-electron chi connectivity index (χ2n) is 3.72. The van der Waals surface area contributed by atoms with Crippen molar-refractivity contribution in [2.24, 2.45) is 0 Å². The van der Waals surface area contributed by atoms with E-state index in [1.165, 1.54) is 4.88 Å². The van der Waals surface area contributed by atoms with Crippen LogP contribution >= 0.6 is 11.3 Å². The Balaban J connectivity index is 2.24. The highest BCUT2D eigenvalue weighted by Gasteiger charge is 2.05. The first-order valence-corrected chi connectivity index (χ1v) is 6.59. The number of carbonyl (C=O) groups is 1. The Morgan fingerprint density at radius 2 is 2.38 bits per heavy atom. The fourth-order valence-corrected chi connectivity index (χ4v) is 2.31. The Kier molecular flexibility index (Phi) is 6.11. The molecule has 1 aromatic rings. The van der Waals surface area contributed by atoms with Crippen LogP contribution in [-0.4, -0.2) is 30.9 Å². The molecule has 0 saturated heterocycles. The van der Waals surface area contributed by atoms with Gasteiger partial charge in [0.05, 0.1) is 0 Å². The Bertz CT molecular complexity index is 298. The standard InChI is InChI=1S/C12H20N2OS/c1-3-14(8-4-7-12(15)13-2)10-11-6-5-9-16-11/h5-6,9H,3-4,7-8,10H2,1-2H3,(H,13,15). The summed E-state index contributed by atoms with van der Waals surface area (Å²) in [6.07, 6.45) is 1.55. The van der Waals surface area contributed by atoms with E-state index in [1.54, 1.807) is 18.4 Å². The molecule has 0 aliphatic heterocycles. The Hall–Kier alpha value is -0.870. The molecule has 0 radical (unpaired) electrons. The minimum Gasteiger partial charge on any atom is -0.359 e. The molecule has 1 amide bonds. The van der Waals surface area contributed by atoms with Crippen LogP contribution in [-0.2, 0) is 11.3 Å². The van der Waals surface area contributed by atoms with Gasteiger partial charge in [-0.25, -0.2) is 0 Å². The zero-order chi connectivity index (χ0) is 11.8. The first-order valence-electron chi connectivity index (χ1n) is 5.71. The fraction of sp³-hybridized carbons (Fsp3) is 0.583. The van der Waals surface area contributed by atoms with Gasteiger partial charge in [0, 0.05) is 24.9 Å². The molecule has 0 fully saturated rings. The van der Waals surface area contributed by atoms with Gasteiger partial charge in [0.25, 0.3) is 0 Å². The highest BCUT2D eigenvalue weighted by molar-refractivity contribution is 7.09. The van der Waals surface area contributed by atoms with Gasteiger partial charge in [-0.2, -0.15) is 0 Å². The third-order valence-electron chi connectivity index (χ3n) is 2.56. The van der Waals surface area contributed by atoms with Crippen molar-refractivity contribution >= 4 is 17.2 Å². The summed E-state index contributed by atoms with van der Waals surface area (Å²) in [4.78, 5) is 14.8. The van der Waals surface area contributed by atoms with Crippen molar-refractivity contribution in [1.29, 1.82) is 0 Å². The van der Waals surface area contributed by atoms with E-state index in [-0.39, 0.29) is 5.91 Å². The second kappa shape index (κ2) is 7.41. The maximum atomic E-state index is 11.1. The summed E-state index contributed by atoms with van der Waals surface area (Å²) in [6.45, 7) is 5.18.